The number of ketones is 4. The smallest absolute Gasteiger partial charge is 0.485 e. The molecule has 4 aromatic carbocycles. The third-order valence-electron chi connectivity index (χ3n) is 8.28. The minimum atomic E-state index is -4.79. The maximum absolute atomic E-state index is 12.5. The highest BCUT2D eigenvalue weighted by Gasteiger charge is 2.33. The van der Waals surface area contributed by atoms with Gasteiger partial charge in [0.25, 0.3) is 0 Å². The molecule has 0 aromatic heterocycles. The number of Topliss-reactive ketones (excluding diaryl/α,β-unsaturated/α-hetero) is 4. The summed E-state index contributed by atoms with van der Waals surface area (Å²) in [5.41, 5.74) is 1.23. The highest BCUT2D eigenvalue weighted by atomic mass is 32.2. The van der Waals surface area contributed by atoms with Gasteiger partial charge in [0, 0.05) is 11.1 Å². The highest BCUT2D eigenvalue weighted by molar-refractivity contribution is 8.15. The zero-order chi connectivity index (χ0) is 41.3. The molecule has 0 aliphatic carbocycles. The van der Waals surface area contributed by atoms with Gasteiger partial charge in [0.1, 0.15) is 17.2 Å². The molecule has 17 heteroatoms. The lowest BCUT2D eigenvalue weighted by molar-refractivity contribution is -0.274. The fourth-order valence-electron chi connectivity index (χ4n) is 5.38. The summed E-state index contributed by atoms with van der Waals surface area (Å²) in [5, 5.41) is -0.950. The Hall–Kier alpha value is -5.42. The largest absolute Gasteiger partial charge is 0.573 e. The third kappa shape index (κ3) is 13.6. The van der Waals surface area contributed by atoms with Crippen LogP contribution in [0.3, 0.4) is 0 Å². The van der Waals surface area contributed by atoms with Crippen LogP contribution in [-0.4, -0.2) is 63.4 Å². The average molecular weight is 849 g/mol. The summed E-state index contributed by atoms with van der Waals surface area (Å²) in [7, 11) is 0. The lowest BCUT2D eigenvalue weighted by atomic mass is 10.1. The van der Waals surface area contributed by atoms with Gasteiger partial charge in [-0.15, -0.1) is 13.2 Å². The second-order valence-electron chi connectivity index (χ2n) is 12.5. The minimum Gasteiger partial charge on any atom is -0.485 e. The molecule has 2 atom stereocenters. The molecule has 0 spiro atoms. The summed E-state index contributed by atoms with van der Waals surface area (Å²) >= 11 is 2.10. The number of carbonyl (C=O) groups excluding carboxylic acids is 6. The van der Waals surface area contributed by atoms with E-state index >= 15 is 0 Å². The van der Waals surface area contributed by atoms with E-state index in [2.05, 4.69) is 4.74 Å². The summed E-state index contributed by atoms with van der Waals surface area (Å²) in [4.78, 5) is 70.1. The second kappa shape index (κ2) is 19.8. The van der Waals surface area contributed by atoms with E-state index < -0.39 is 35.4 Å². The Balaban J connectivity index is 0.000000252. The van der Waals surface area contributed by atoms with E-state index in [1.54, 1.807) is 48.5 Å². The first-order valence-electron chi connectivity index (χ1n) is 16.9. The van der Waals surface area contributed by atoms with E-state index in [0.717, 1.165) is 71.0 Å². The van der Waals surface area contributed by atoms with Crippen LogP contribution in [0.5, 0.6) is 17.2 Å². The van der Waals surface area contributed by atoms with Gasteiger partial charge in [-0.3, -0.25) is 28.8 Å². The molecular formula is C41H34F6O9S2. The molecule has 58 heavy (non-hydrogen) atoms. The molecule has 4 aromatic rings. The SMILES string of the molecule is C.O=C1CC(=O)C(Cc2ccc(OCC(=O)c3ccc(C(F)(F)F)cc3)cc2)S1.O=C1CC(=O)C(Cc2ccc(OCC(=O)c3ccc(OC(F)(F)F)cc3)cc2)S1. The number of carbonyl (C=O) groups is 6. The fraction of sp³-hybridized carbons (Fsp3) is 0.268. The molecule has 9 nitrogen and oxygen atoms in total. The van der Waals surface area contributed by atoms with Crippen LogP contribution >= 0.6 is 23.5 Å². The number of halogens is 6. The molecule has 0 radical (unpaired) electrons. The van der Waals surface area contributed by atoms with Crippen molar-refractivity contribution >= 4 is 56.9 Å². The van der Waals surface area contributed by atoms with Crippen LogP contribution in [0.4, 0.5) is 26.3 Å². The van der Waals surface area contributed by atoms with E-state index in [1.165, 1.54) is 12.1 Å². The van der Waals surface area contributed by atoms with Gasteiger partial charge in [-0.25, -0.2) is 0 Å². The lowest BCUT2D eigenvalue weighted by Crippen LogP contribution is -2.17. The molecule has 2 aliphatic heterocycles. The number of hydrogen-bond acceptors (Lipinski definition) is 11. The third-order valence-corrected chi connectivity index (χ3v) is 10.5. The summed E-state index contributed by atoms with van der Waals surface area (Å²) < 4.78 is 88.6. The van der Waals surface area contributed by atoms with Gasteiger partial charge < -0.3 is 14.2 Å². The van der Waals surface area contributed by atoms with Crippen LogP contribution in [-0.2, 0) is 38.2 Å². The Morgan fingerprint density at radius 3 is 1.24 bits per heavy atom. The van der Waals surface area contributed by atoms with Crippen molar-refractivity contribution in [2.45, 2.75) is 56.1 Å². The summed E-state index contributed by atoms with van der Waals surface area (Å²) in [5.74, 6) is -0.546. The molecule has 6 rings (SSSR count). The predicted octanol–water partition coefficient (Wildman–Crippen LogP) is 8.74. The average Bonchev–Trinajstić information content (AvgIpc) is 3.66. The summed E-state index contributed by atoms with van der Waals surface area (Å²) in [6.07, 6.45) is -8.40. The molecule has 2 saturated heterocycles. The van der Waals surface area contributed by atoms with Crippen molar-refractivity contribution in [3.05, 3.63) is 125 Å². The van der Waals surface area contributed by atoms with E-state index in [9.17, 15) is 55.1 Å². The minimum absolute atomic E-state index is 0. The number of rotatable bonds is 13. The van der Waals surface area contributed by atoms with Gasteiger partial charge in [-0.2, -0.15) is 13.2 Å². The topological polar surface area (TPSA) is 130 Å². The van der Waals surface area contributed by atoms with Gasteiger partial charge in [0.05, 0.1) is 28.9 Å². The summed E-state index contributed by atoms with van der Waals surface area (Å²) in [6, 6.07) is 22.1. The van der Waals surface area contributed by atoms with Crippen molar-refractivity contribution in [1.29, 1.82) is 0 Å². The highest BCUT2D eigenvalue weighted by Crippen LogP contribution is 2.31. The number of thioether (sulfide) groups is 2. The molecule has 0 N–H and O–H groups in total. The Kier molecular flexibility index (Phi) is 15.5. The first kappa shape index (κ1) is 45.3. The molecule has 2 fully saturated rings. The zero-order valence-corrected chi connectivity index (χ0v) is 31.0. The maximum atomic E-state index is 12.5. The van der Waals surface area contributed by atoms with Crippen LogP contribution < -0.4 is 14.2 Å². The second-order valence-corrected chi connectivity index (χ2v) is 15.0. The molecule has 0 amide bonds. The van der Waals surface area contributed by atoms with E-state index in [1.807, 2.05) is 0 Å². The lowest BCUT2D eigenvalue weighted by Gasteiger charge is -2.10. The molecule has 0 bridgehead atoms. The molecule has 2 unspecified atom stereocenters. The number of benzene rings is 4. The zero-order valence-electron chi connectivity index (χ0n) is 29.4. The Bertz CT molecular complexity index is 2100. The molecule has 2 heterocycles. The van der Waals surface area contributed by atoms with Crippen molar-refractivity contribution < 1.29 is 69.3 Å². The quantitative estimate of drug-likeness (QED) is 0.0728. The normalized spacial score (nSPS) is 16.6. The van der Waals surface area contributed by atoms with Gasteiger partial charge in [-0.1, -0.05) is 67.3 Å². The van der Waals surface area contributed by atoms with Crippen molar-refractivity contribution in [2.75, 3.05) is 13.2 Å². The molecule has 0 saturated carbocycles. The number of ether oxygens (including phenoxy) is 3. The van der Waals surface area contributed by atoms with Gasteiger partial charge >= 0.3 is 12.5 Å². The fourth-order valence-corrected chi connectivity index (χ4v) is 7.45. The Morgan fingerprint density at radius 1 is 0.552 bits per heavy atom. The van der Waals surface area contributed by atoms with Crippen molar-refractivity contribution in [1.82, 2.24) is 0 Å². The monoisotopic (exact) mass is 848 g/mol. The summed E-state index contributed by atoms with van der Waals surface area (Å²) in [6.45, 7) is -0.597. The van der Waals surface area contributed by atoms with Crippen LogP contribution in [0, 0.1) is 0 Å². The number of alkyl halides is 6. The van der Waals surface area contributed by atoms with Crippen LogP contribution in [0.15, 0.2) is 97.1 Å². The van der Waals surface area contributed by atoms with Crippen LogP contribution in [0.1, 0.15) is 57.7 Å². The van der Waals surface area contributed by atoms with Crippen molar-refractivity contribution in [3.8, 4) is 17.2 Å². The van der Waals surface area contributed by atoms with Crippen molar-refractivity contribution in [2.24, 2.45) is 0 Å². The van der Waals surface area contributed by atoms with E-state index in [0.29, 0.717) is 24.3 Å². The first-order chi connectivity index (χ1) is 26.9. The van der Waals surface area contributed by atoms with Crippen molar-refractivity contribution in [3.63, 3.8) is 0 Å². The van der Waals surface area contributed by atoms with E-state index in [4.69, 9.17) is 9.47 Å². The van der Waals surface area contributed by atoms with Gasteiger partial charge in [-0.05, 0) is 84.6 Å². The Morgan fingerprint density at radius 2 is 0.914 bits per heavy atom. The molecular weight excluding hydrogens is 815 g/mol. The number of hydrogen-bond donors (Lipinski definition) is 0. The van der Waals surface area contributed by atoms with Crippen LogP contribution in [0.25, 0.3) is 0 Å². The predicted molar refractivity (Wildman–Crippen MR) is 203 cm³/mol. The van der Waals surface area contributed by atoms with Crippen LogP contribution in [0.2, 0.25) is 0 Å². The van der Waals surface area contributed by atoms with Gasteiger partial charge in [0.2, 0.25) is 0 Å². The molecule has 2 aliphatic rings. The van der Waals surface area contributed by atoms with Gasteiger partial charge in [0.15, 0.2) is 46.6 Å². The first-order valence-corrected chi connectivity index (χ1v) is 18.6. The van der Waals surface area contributed by atoms with E-state index in [-0.39, 0.29) is 76.9 Å². The Labute approximate surface area is 336 Å². The maximum Gasteiger partial charge on any atom is 0.573 e. The molecule has 306 valence electrons. The standard InChI is InChI=1S/C20H15F3O5S.C20H15F3O4S.CH4/c21-20(22,23)28-15-7-3-13(4-8-15)17(25)11-27-14-5-1-12(2-6-14)9-18-16(24)10-19(26)29-18;21-20(22,23)14-5-3-13(4-6-14)17(25)11-27-15-7-1-12(2-8-15)9-18-16(24)10-19(26)28-18;/h1-8,18H,9-11H2;1-8,18H,9-11H2;1H4.